The zero-order valence-electron chi connectivity index (χ0n) is 15.4. The van der Waals surface area contributed by atoms with Gasteiger partial charge in [-0.3, -0.25) is 19.1 Å². The van der Waals surface area contributed by atoms with Gasteiger partial charge in [-0.15, -0.1) is 15.3 Å². The number of aromatic nitrogens is 4. The molecule has 2 aromatic heterocycles. The zero-order chi connectivity index (χ0) is 19.7. The molecule has 1 aliphatic heterocycles. The Labute approximate surface area is 164 Å². The number of aryl methyl sites for hydroxylation is 2. The quantitative estimate of drug-likeness (QED) is 0.480. The molecular formula is C18H18N6O3S. The number of amides is 2. The van der Waals surface area contributed by atoms with Gasteiger partial charge in [-0.05, 0) is 32.0 Å². The Kier molecular flexibility index (Phi) is 4.88. The summed E-state index contributed by atoms with van der Waals surface area (Å²) >= 11 is 1.42. The summed E-state index contributed by atoms with van der Waals surface area (Å²) in [5, 5.41) is 18.0. The van der Waals surface area contributed by atoms with E-state index in [9.17, 15) is 9.59 Å². The third kappa shape index (κ3) is 3.51. The number of hydrogen-bond donors (Lipinski definition) is 1. The van der Waals surface area contributed by atoms with Gasteiger partial charge in [0.05, 0.1) is 30.0 Å². The van der Waals surface area contributed by atoms with E-state index < -0.39 is 11.8 Å². The molecule has 3 aromatic rings. The van der Waals surface area contributed by atoms with E-state index in [0.717, 1.165) is 21.5 Å². The number of benzene rings is 1. The number of hydroxylamine groups is 2. The molecule has 1 aliphatic rings. The Morgan fingerprint density at radius 3 is 2.46 bits per heavy atom. The number of hydrogen-bond acceptors (Lipinski definition) is 8. The van der Waals surface area contributed by atoms with Crippen LogP contribution in [0, 0.1) is 13.8 Å². The average Bonchev–Trinajstić information content (AvgIpc) is 3.32. The van der Waals surface area contributed by atoms with E-state index >= 15 is 0 Å². The van der Waals surface area contributed by atoms with Crippen molar-refractivity contribution in [2.24, 2.45) is 0 Å². The summed E-state index contributed by atoms with van der Waals surface area (Å²) < 4.78 is 1.88. The first-order chi connectivity index (χ1) is 13.5. The fourth-order valence-corrected chi connectivity index (χ4v) is 3.68. The van der Waals surface area contributed by atoms with Crippen molar-refractivity contribution in [1.82, 2.24) is 25.0 Å². The van der Waals surface area contributed by atoms with Gasteiger partial charge in [0, 0.05) is 12.2 Å². The summed E-state index contributed by atoms with van der Waals surface area (Å²) in [6.07, 6.45) is 0. The van der Waals surface area contributed by atoms with Crippen LogP contribution >= 0.6 is 11.3 Å². The van der Waals surface area contributed by atoms with E-state index in [2.05, 4.69) is 20.6 Å². The Balaban J connectivity index is 1.27. The Morgan fingerprint density at radius 1 is 1.11 bits per heavy atom. The molecule has 0 spiro atoms. The van der Waals surface area contributed by atoms with Crippen LogP contribution in [0.3, 0.4) is 0 Å². The van der Waals surface area contributed by atoms with Gasteiger partial charge < -0.3 is 5.32 Å². The third-order valence-corrected chi connectivity index (χ3v) is 5.08. The fraction of sp³-hybridized carbons (Fsp3) is 0.278. The first-order valence-electron chi connectivity index (χ1n) is 8.71. The lowest BCUT2D eigenvalue weighted by Gasteiger charge is -2.13. The summed E-state index contributed by atoms with van der Waals surface area (Å²) in [6, 6.07) is 8.67. The predicted molar refractivity (Wildman–Crippen MR) is 102 cm³/mol. The lowest BCUT2D eigenvalue weighted by molar-refractivity contribution is -0.0874. The van der Waals surface area contributed by atoms with Crippen molar-refractivity contribution in [3.05, 3.63) is 57.9 Å². The van der Waals surface area contributed by atoms with Crippen molar-refractivity contribution >= 4 is 28.3 Å². The number of carbonyl (C=O) groups excluding carboxylic acids is 2. The summed E-state index contributed by atoms with van der Waals surface area (Å²) in [5.74, 6) is -0.882. The van der Waals surface area contributed by atoms with Crippen molar-refractivity contribution in [3.8, 4) is 0 Å². The van der Waals surface area contributed by atoms with Crippen molar-refractivity contribution in [2.45, 2.75) is 20.4 Å². The second-order valence-electron chi connectivity index (χ2n) is 6.30. The molecule has 4 rings (SSSR count). The standard InChI is InChI=1S/C18H18N6O3S/c1-11-9-12(2)23(22-11)10-15-20-21-18(28-15)19-7-8-27-24-16(25)13-5-3-4-6-14(13)17(24)26/h3-6,9H,7-8,10H2,1-2H3,(H,19,21). The molecule has 28 heavy (non-hydrogen) atoms. The molecule has 1 N–H and O–H groups in total. The Hall–Kier alpha value is -3.11. The molecule has 0 saturated carbocycles. The number of anilines is 1. The maximum Gasteiger partial charge on any atom is 0.285 e. The Bertz CT molecular complexity index is 1010. The van der Waals surface area contributed by atoms with Gasteiger partial charge in [-0.1, -0.05) is 23.5 Å². The van der Waals surface area contributed by atoms with Gasteiger partial charge in [0.25, 0.3) is 11.8 Å². The normalized spacial score (nSPS) is 13.3. The number of fused-ring (bicyclic) bond motifs is 1. The topological polar surface area (TPSA) is 102 Å². The van der Waals surface area contributed by atoms with Crippen LogP contribution in [0.5, 0.6) is 0 Å². The Morgan fingerprint density at radius 2 is 1.82 bits per heavy atom. The van der Waals surface area contributed by atoms with Crippen LogP contribution in [-0.4, -0.2) is 50.0 Å². The first-order valence-corrected chi connectivity index (χ1v) is 9.52. The average molecular weight is 398 g/mol. The van der Waals surface area contributed by atoms with Gasteiger partial charge in [-0.25, -0.2) is 0 Å². The maximum absolute atomic E-state index is 12.2. The van der Waals surface area contributed by atoms with Crippen LogP contribution in [0.15, 0.2) is 30.3 Å². The maximum atomic E-state index is 12.2. The summed E-state index contributed by atoms with van der Waals surface area (Å²) in [7, 11) is 0. The molecule has 9 nitrogen and oxygen atoms in total. The minimum Gasteiger partial charge on any atom is -0.358 e. The molecule has 0 saturated heterocycles. The van der Waals surface area contributed by atoms with Gasteiger partial charge in [0.2, 0.25) is 5.13 Å². The number of nitrogens with zero attached hydrogens (tertiary/aromatic N) is 5. The van der Waals surface area contributed by atoms with Crippen LogP contribution in [0.4, 0.5) is 5.13 Å². The second kappa shape index (κ2) is 7.49. The molecule has 0 fully saturated rings. The van der Waals surface area contributed by atoms with Crippen molar-refractivity contribution in [2.75, 3.05) is 18.5 Å². The number of nitrogens with one attached hydrogen (secondary N) is 1. The van der Waals surface area contributed by atoms with E-state index in [1.165, 1.54) is 11.3 Å². The van der Waals surface area contributed by atoms with Gasteiger partial charge in [0.15, 0.2) is 0 Å². The highest BCUT2D eigenvalue weighted by Crippen LogP contribution is 2.22. The first kappa shape index (κ1) is 18.3. The van der Waals surface area contributed by atoms with Crippen LogP contribution in [0.1, 0.15) is 37.1 Å². The van der Waals surface area contributed by atoms with Crippen LogP contribution in [0.2, 0.25) is 0 Å². The fourth-order valence-electron chi connectivity index (χ4n) is 2.93. The predicted octanol–water partition coefficient (Wildman–Crippen LogP) is 2.04. The number of imide groups is 1. The third-order valence-electron chi connectivity index (χ3n) is 4.21. The highest BCUT2D eigenvalue weighted by Gasteiger charge is 2.36. The highest BCUT2D eigenvalue weighted by atomic mass is 32.1. The number of rotatable bonds is 7. The molecule has 3 heterocycles. The van der Waals surface area contributed by atoms with E-state index in [0.29, 0.717) is 29.3 Å². The monoisotopic (exact) mass is 398 g/mol. The summed E-state index contributed by atoms with van der Waals surface area (Å²) in [4.78, 5) is 29.8. The summed E-state index contributed by atoms with van der Waals surface area (Å²) in [5.41, 5.74) is 2.75. The van der Waals surface area contributed by atoms with Crippen molar-refractivity contribution in [3.63, 3.8) is 0 Å². The van der Waals surface area contributed by atoms with Crippen molar-refractivity contribution in [1.29, 1.82) is 0 Å². The lowest BCUT2D eigenvalue weighted by atomic mass is 10.1. The van der Waals surface area contributed by atoms with E-state index in [4.69, 9.17) is 4.84 Å². The molecule has 144 valence electrons. The second-order valence-corrected chi connectivity index (χ2v) is 7.36. The molecule has 0 radical (unpaired) electrons. The van der Waals surface area contributed by atoms with Crippen LogP contribution in [0.25, 0.3) is 0 Å². The van der Waals surface area contributed by atoms with Gasteiger partial charge in [-0.2, -0.15) is 5.10 Å². The molecule has 2 amide bonds. The molecule has 1 aromatic carbocycles. The smallest absolute Gasteiger partial charge is 0.285 e. The molecule has 0 atom stereocenters. The van der Waals surface area contributed by atoms with E-state index in [-0.39, 0.29) is 6.61 Å². The molecule has 0 unspecified atom stereocenters. The summed E-state index contributed by atoms with van der Waals surface area (Å²) in [6.45, 7) is 5.02. The minimum atomic E-state index is -0.441. The zero-order valence-corrected chi connectivity index (χ0v) is 16.2. The van der Waals surface area contributed by atoms with Crippen LogP contribution in [-0.2, 0) is 11.4 Å². The van der Waals surface area contributed by atoms with Crippen molar-refractivity contribution < 1.29 is 14.4 Å². The lowest BCUT2D eigenvalue weighted by Crippen LogP contribution is -2.31. The number of carbonyl (C=O) groups is 2. The molecular weight excluding hydrogens is 380 g/mol. The van der Waals surface area contributed by atoms with Crippen LogP contribution < -0.4 is 5.32 Å². The molecule has 10 heteroatoms. The van der Waals surface area contributed by atoms with E-state index in [1.54, 1.807) is 24.3 Å². The van der Waals surface area contributed by atoms with Gasteiger partial charge >= 0.3 is 0 Å². The highest BCUT2D eigenvalue weighted by molar-refractivity contribution is 7.15. The molecule has 0 bridgehead atoms. The molecule has 0 aliphatic carbocycles. The SMILES string of the molecule is Cc1cc(C)n(Cc2nnc(NCCON3C(=O)c4ccccc4C3=O)s2)n1. The largest absolute Gasteiger partial charge is 0.358 e. The van der Waals surface area contributed by atoms with Gasteiger partial charge in [0.1, 0.15) is 5.01 Å². The van der Waals surface area contributed by atoms with E-state index in [1.807, 2.05) is 24.6 Å². The minimum absolute atomic E-state index is 0.137.